The Bertz CT molecular complexity index is 521. The number of aliphatic hydroxyl groups is 1. The van der Waals surface area contributed by atoms with E-state index < -0.39 is 0 Å². The van der Waals surface area contributed by atoms with Crippen LogP contribution in [0.2, 0.25) is 0 Å². The van der Waals surface area contributed by atoms with Crippen molar-refractivity contribution in [3.63, 3.8) is 0 Å². The molecule has 2 unspecified atom stereocenters. The fraction of sp³-hybridized carbons (Fsp3) is 0.467. The van der Waals surface area contributed by atoms with Gasteiger partial charge >= 0.3 is 0 Å². The van der Waals surface area contributed by atoms with Crippen LogP contribution in [0.4, 0.5) is 0 Å². The second-order valence-electron chi connectivity index (χ2n) is 5.33. The summed E-state index contributed by atoms with van der Waals surface area (Å²) in [5.41, 5.74) is 0.510. The predicted octanol–water partition coefficient (Wildman–Crippen LogP) is 1.46. The summed E-state index contributed by atoms with van der Waals surface area (Å²) < 4.78 is 0.819. The third-order valence-electron chi connectivity index (χ3n) is 3.60. The normalized spacial score (nSPS) is 21.0. The van der Waals surface area contributed by atoms with E-state index in [-0.39, 0.29) is 24.5 Å². The Morgan fingerprint density at radius 3 is 2.76 bits per heavy atom. The standard InChI is InChI=1S/C15H19BrN2O3/c16-12-3-1-2-11(7-12)15(21)18-9-14(20)17-8-10-4-5-13(19)6-10/h1-3,7,10,13,19H,4-6,8-9H2,(H,17,20)(H,18,21). The minimum Gasteiger partial charge on any atom is -0.393 e. The minimum atomic E-state index is -0.275. The van der Waals surface area contributed by atoms with Crippen LogP contribution in [0.5, 0.6) is 0 Å². The smallest absolute Gasteiger partial charge is 0.251 e. The lowest BCUT2D eigenvalue weighted by molar-refractivity contribution is -0.120. The van der Waals surface area contributed by atoms with Crippen molar-refractivity contribution in [2.45, 2.75) is 25.4 Å². The van der Waals surface area contributed by atoms with Crippen molar-refractivity contribution in [2.24, 2.45) is 5.92 Å². The molecule has 0 spiro atoms. The lowest BCUT2D eigenvalue weighted by Gasteiger charge is -2.11. The summed E-state index contributed by atoms with van der Waals surface area (Å²) in [6.45, 7) is 0.517. The van der Waals surface area contributed by atoms with Gasteiger partial charge in [-0.1, -0.05) is 22.0 Å². The summed E-state index contributed by atoms with van der Waals surface area (Å²) in [7, 11) is 0. The van der Waals surface area contributed by atoms with E-state index in [1.54, 1.807) is 18.2 Å². The average molecular weight is 355 g/mol. The molecule has 0 aliphatic heterocycles. The fourth-order valence-corrected chi connectivity index (χ4v) is 2.85. The molecule has 6 heteroatoms. The lowest BCUT2D eigenvalue weighted by atomic mass is 10.1. The van der Waals surface area contributed by atoms with Crippen LogP contribution in [0.25, 0.3) is 0 Å². The van der Waals surface area contributed by atoms with Crippen LogP contribution in [0.1, 0.15) is 29.6 Å². The van der Waals surface area contributed by atoms with E-state index >= 15 is 0 Å². The number of halogens is 1. The Labute approximate surface area is 132 Å². The number of hydrogen-bond acceptors (Lipinski definition) is 3. The number of rotatable bonds is 5. The zero-order valence-corrected chi connectivity index (χ0v) is 13.2. The van der Waals surface area contributed by atoms with Gasteiger partial charge in [-0.2, -0.15) is 0 Å². The Kier molecular flexibility index (Phi) is 5.76. The zero-order chi connectivity index (χ0) is 15.2. The highest BCUT2D eigenvalue weighted by atomic mass is 79.9. The summed E-state index contributed by atoms with van der Waals surface area (Å²) in [4.78, 5) is 23.5. The highest BCUT2D eigenvalue weighted by Gasteiger charge is 2.22. The van der Waals surface area contributed by atoms with E-state index in [1.807, 2.05) is 6.07 Å². The van der Waals surface area contributed by atoms with Gasteiger partial charge in [0.2, 0.25) is 5.91 Å². The van der Waals surface area contributed by atoms with Gasteiger partial charge in [0.15, 0.2) is 0 Å². The average Bonchev–Trinajstić information content (AvgIpc) is 2.88. The van der Waals surface area contributed by atoms with E-state index in [0.717, 1.165) is 23.7 Å². The van der Waals surface area contributed by atoms with Gasteiger partial charge in [0.05, 0.1) is 12.6 Å². The van der Waals surface area contributed by atoms with E-state index in [9.17, 15) is 14.7 Å². The molecule has 2 amide bonds. The number of hydrogen-bond donors (Lipinski definition) is 3. The molecular formula is C15H19BrN2O3. The maximum Gasteiger partial charge on any atom is 0.251 e. The van der Waals surface area contributed by atoms with Crippen molar-refractivity contribution in [1.82, 2.24) is 10.6 Å². The van der Waals surface area contributed by atoms with Gasteiger partial charge in [-0.05, 0) is 43.4 Å². The molecule has 2 atom stereocenters. The SMILES string of the molecule is O=C(CNC(=O)c1cccc(Br)c1)NCC1CCC(O)C1. The Hall–Kier alpha value is -1.40. The molecule has 2 rings (SSSR count). The number of benzene rings is 1. The number of carbonyl (C=O) groups excluding carboxylic acids is 2. The molecule has 0 heterocycles. The van der Waals surface area contributed by atoms with Gasteiger partial charge in [0, 0.05) is 16.6 Å². The van der Waals surface area contributed by atoms with E-state index in [0.29, 0.717) is 18.0 Å². The fourth-order valence-electron chi connectivity index (χ4n) is 2.45. The van der Waals surface area contributed by atoms with Gasteiger partial charge in [0.25, 0.3) is 5.91 Å². The molecule has 5 nitrogen and oxygen atoms in total. The molecule has 114 valence electrons. The number of carbonyl (C=O) groups is 2. The van der Waals surface area contributed by atoms with Crippen molar-refractivity contribution in [3.05, 3.63) is 34.3 Å². The first-order valence-electron chi connectivity index (χ1n) is 7.03. The van der Waals surface area contributed by atoms with Crippen LogP contribution in [0.3, 0.4) is 0 Å². The predicted molar refractivity (Wildman–Crippen MR) is 82.8 cm³/mol. The Morgan fingerprint density at radius 2 is 2.10 bits per heavy atom. The van der Waals surface area contributed by atoms with Crippen molar-refractivity contribution in [2.75, 3.05) is 13.1 Å². The Balaban J connectivity index is 1.70. The first-order valence-corrected chi connectivity index (χ1v) is 7.82. The number of aliphatic hydroxyl groups excluding tert-OH is 1. The maximum atomic E-state index is 11.9. The molecule has 1 fully saturated rings. The molecule has 0 saturated heterocycles. The second-order valence-corrected chi connectivity index (χ2v) is 6.25. The molecule has 0 radical (unpaired) electrons. The minimum absolute atomic E-state index is 0.0411. The molecule has 1 aromatic rings. The maximum absolute atomic E-state index is 11.9. The van der Waals surface area contributed by atoms with Gasteiger partial charge in [-0.15, -0.1) is 0 Å². The molecule has 1 aliphatic rings. The molecule has 0 bridgehead atoms. The van der Waals surface area contributed by atoms with Crippen LogP contribution in [0.15, 0.2) is 28.7 Å². The summed E-state index contributed by atoms with van der Waals surface area (Å²) in [6.07, 6.45) is 2.25. The second kappa shape index (κ2) is 7.56. The third kappa shape index (κ3) is 5.13. The number of nitrogens with one attached hydrogen (secondary N) is 2. The van der Waals surface area contributed by atoms with Crippen LogP contribution < -0.4 is 10.6 Å². The number of amides is 2. The largest absolute Gasteiger partial charge is 0.393 e. The van der Waals surface area contributed by atoms with E-state index in [2.05, 4.69) is 26.6 Å². The highest BCUT2D eigenvalue weighted by molar-refractivity contribution is 9.10. The zero-order valence-electron chi connectivity index (χ0n) is 11.6. The summed E-state index contributed by atoms with van der Waals surface area (Å²) in [5.74, 6) is -0.146. The van der Waals surface area contributed by atoms with Crippen LogP contribution >= 0.6 is 15.9 Å². The van der Waals surface area contributed by atoms with Crippen molar-refractivity contribution < 1.29 is 14.7 Å². The van der Waals surface area contributed by atoms with Crippen molar-refractivity contribution in [3.8, 4) is 0 Å². The molecule has 3 N–H and O–H groups in total. The first-order chi connectivity index (χ1) is 10.0. The van der Waals surface area contributed by atoms with Crippen LogP contribution in [-0.4, -0.2) is 36.1 Å². The topological polar surface area (TPSA) is 78.4 Å². The molecule has 21 heavy (non-hydrogen) atoms. The van der Waals surface area contributed by atoms with Gasteiger partial charge in [-0.3, -0.25) is 9.59 Å². The summed E-state index contributed by atoms with van der Waals surface area (Å²) in [5, 5.41) is 14.8. The van der Waals surface area contributed by atoms with Gasteiger partial charge < -0.3 is 15.7 Å². The first kappa shape index (κ1) is 16.0. The van der Waals surface area contributed by atoms with Crippen LogP contribution in [0, 0.1) is 5.92 Å². The summed E-state index contributed by atoms with van der Waals surface area (Å²) >= 11 is 3.30. The third-order valence-corrected chi connectivity index (χ3v) is 4.09. The molecule has 0 aromatic heterocycles. The molecule has 1 aromatic carbocycles. The summed E-state index contributed by atoms with van der Waals surface area (Å²) in [6, 6.07) is 7.00. The van der Waals surface area contributed by atoms with Crippen molar-refractivity contribution in [1.29, 1.82) is 0 Å². The lowest BCUT2D eigenvalue weighted by Crippen LogP contribution is -2.38. The van der Waals surface area contributed by atoms with Crippen LogP contribution in [-0.2, 0) is 4.79 Å². The molecule has 1 aliphatic carbocycles. The highest BCUT2D eigenvalue weighted by Crippen LogP contribution is 2.24. The van der Waals surface area contributed by atoms with Gasteiger partial charge in [-0.25, -0.2) is 0 Å². The van der Waals surface area contributed by atoms with E-state index in [4.69, 9.17) is 0 Å². The molecule has 1 saturated carbocycles. The quantitative estimate of drug-likeness (QED) is 0.748. The molecular weight excluding hydrogens is 336 g/mol. The monoisotopic (exact) mass is 354 g/mol. The van der Waals surface area contributed by atoms with E-state index in [1.165, 1.54) is 0 Å². The Morgan fingerprint density at radius 1 is 1.29 bits per heavy atom. The van der Waals surface area contributed by atoms with Gasteiger partial charge in [0.1, 0.15) is 0 Å². The van der Waals surface area contributed by atoms with Crippen molar-refractivity contribution >= 4 is 27.7 Å².